The van der Waals surface area contributed by atoms with Crippen molar-refractivity contribution in [3.8, 4) is 11.3 Å². The zero-order valence-electron chi connectivity index (χ0n) is 22.2. The van der Waals surface area contributed by atoms with E-state index in [4.69, 9.17) is 21.3 Å². The first-order valence-corrected chi connectivity index (χ1v) is 14.5. The largest absolute Gasteiger partial charge is 0.460 e. The number of halogens is 2. The number of alkyl halides is 1. The van der Waals surface area contributed by atoms with Crippen molar-refractivity contribution >= 4 is 34.7 Å². The number of ketones is 1. The van der Waals surface area contributed by atoms with Crippen LogP contribution in [0, 0.1) is 11.8 Å². The molecule has 7 heteroatoms. The van der Waals surface area contributed by atoms with E-state index in [1.807, 2.05) is 80.7 Å². The molecular formula is C31H35ClFNO3S. The summed E-state index contributed by atoms with van der Waals surface area (Å²) in [6.45, 7) is 5.46. The number of carbonyl (C=O) groups is 2. The van der Waals surface area contributed by atoms with Crippen molar-refractivity contribution in [1.82, 2.24) is 4.98 Å². The normalized spacial score (nSPS) is 22.5. The molecule has 1 heterocycles. The van der Waals surface area contributed by atoms with Crippen molar-refractivity contribution in [2.75, 3.05) is 0 Å². The zero-order valence-corrected chi connectivity index (χ0v) is 23.7. The van der Waals surface area contributed by atoms with Crippen LogP contribution in [0.3, 0.4) is 0 Å². The summed E-state index contributed by atoms with van der Waals surface area (Å²) in [5.74, 6) is -1.72. The molecule has 1 fully saturated rings. The minimum absolute atomic E-state index is 0.00295. The third kappa shape index (κ3) is 7.51. The number of hydrogen-bond acceptors (Lipinski definition) is 5. The van der Waals surface area contributed by atoms with Crippen molar-refractivity contribution in [3.05, 3.63) is 75.6 Å². The van der Waals surface area contributed by atoms with Crippen LogP contribution < -0.4 is 0 Å². The average molecular weight is 556 g/mol. The van der Waals surface area contributed by atoms with E-state index in [9.17, 15) is 9.59 Å². The van der Waals surface area contributed by atoms with Gasteiger partial charge in [0.1, 0.15) is 17.6 Å². The van der Waals surface area contributed by atoms with Crippen molar-refractivity contribution in [3.63, 3.8) is 0 Å². The second kappa shape index (κ2) is 12.5. The third-order valence-electron chi connectivity index (χ3n) is 7.03. The average Bonchev–Trinajstić information content (AvgIpc) is 3.33. The summed E-state index contributed by atoms with van der Waals surface area (Å²) in [5, 5.41) is 3.48. The standard InChI is InChI=1S/C31H35ClFNO3S/c1-31(2,3)37-29(35)18-25-23(20-9-5-4-6-10-20)15-14-22(33)17-21(30(25)36)13-16-28-34-27(19-38-28)24-11-7-8-12-26(24)32/h4-12,19,21-23,25H,13-18H2,1-3H3. The van der Waals surface area contributed by atoms with Crippen LogP contribution in [-0.2, 0) is 20.7 Å². The van der Waals surface area contributed by atoms with Gasteiger partial charge in [-0.1, -0.05) is 60.1 Å². The van der Waals surface area contributed by atoms with Gasteiger partial charge in [-0.2, -0.15) is 0 Å². The quantitative estimate of drug-likeness (QED) is 0.275. The molecule has 38 heavy (non-hydrogen) atoms. The summed E-state index contributed by atoms with van der Waals surface area (Å²) >= 11 is 7.86. The Hall–Kier alpha value is -2.57. The fraction of sp³-hybridized carbons (Fsp3) is 0.452. The first-order chi connectivity index (χ1) is 18.1. The van der Waals surface area contributed by atoms with E-state index in [0.29, 0.717) is 30.7 Å². The van der Waals surface area contributed by atoms with Crippen LogP contribution in [0.2, 0.25) is 5.02 Å². The van der Waals surface area contributed by atoms with Gasteiger partial charge in [0.15, 0.2) is 0 Å². The van der Waals surface area contributed by atoms with Crippen LogP contribution in [-0.4, -0.2) is 28.5 Å². The Balaban J connectivity index is 1.55. The zero-order chi connectivity index (χ0) is 27.3. The number of benzene rings is 2. The van der Waals surface area contributed by atoms with Gasteiger partial charge in [0.05, 0.1) is 17.1 Å². The summed E-state index contributed by atoms with van der Waals surface area (Å²) in [6, 6.07) is 17.3. The third-order valence-corrected chi connectivity index (χ3v) is 8.27. The van der Waals surface area contributed by atoms with Crippen molar-refractivity contribution in [2.24, 2.45) is 11.8 Å². The van der Waals surface area contributed by atoms with Crippen LogP contribution in [0.5, 0.6) is 0 Å². The number of Topliss-reactive ketones (excluding diaryl/α,β-unsaturated/α-hetero) is 1. The van der Waals surface area contributed by atoms with E-state index < -0.39 is 29.6 Å². The van der Waals surface area contributed by atoms with Crippen LogP contribution in [0.4, 0.5) is 4.39 Å². The van der Waals surface area contributed by atoms with E-state index in [0.717, 1.165) is 21.8 Å². The number of hydrogen-bond donors (Lipinski definition) is 0. The number of aryl methyl sites for hydroxylation is 1. The van der Waals surface area contributed by atoms with Gasteiger partial charge in [0.2, 0.25) is 0 Å². The summed E-state index contributed by atoms with van der Waals surface area (Å²) in [4.78, 5) is 31.6. The smallest absolute Gasteiger partial charge is 0.307 e. The molecule has 2 aromatic carbocycles. The summed E-state index contributed by atoms with van der Waals surface area (Å²) in [5.41, 5.74) is 1.99. The monoisotopic (exact) mass is 555 g/mol. The van der Waals surface area contributed by atoms with E-state index in [2.05, 4.69) is 0 Å². The molecule has 0 N–H and O–H groups in total. The number of nitrogens with zero attached hydrogens (tertiary/aromatic N) is 1. The Kier molecular flexibility index (Phi) is 9.37. The molecule has 1 aliphatic rings. The molecule has 4 rings (SSSR count). The molecule has 3 aromatic rings. The van der Waals surface area contributed by atoms with Gasteiger partial charge >= 0.3 is 5.97 Å². The van der Waals surface area contributed by atoms with Crippen molar-refractivity contribution in [1.29, 1.82) is 0 Å². The van der Waals surface area contributed by atoms with Gasteiger partial charge in [0, 0.05) is 34.2 Å². The van der Waals surface area contributed by atoms with Gasteiger partial charge in [-0.3, -0.25) is 9.59 Å². The Morgan fingerprint density at radius 1 is 1.11 bits per heavy atom. The molecule has 0 saturated heterocycles. The molecule has 202 valence electrons. The summed E-state index contributed by atoms with van der Waals surface area (Å²) in [6.07, 6.45) is 1.04. The highest BCUT2D eigenvalue weighted by atomic mass is 35.5. The van der Waals surface area contributed by atoms with Crippen molar-refractivity contribution < 1.29 is 18.7 Å². The lowest BCUT2D eigenvalue weighted by Gasteiger charge is -2.33. The minimum atomic E-state index is -1.06. The lowest BCUT2D eigenvalue weighted by Crippen LogP contribution is -2.36. The maximum Gasteiger partial charge on any atom is 0.307 e. The highest BCUT2D eigenvalue weighted by Crippen LogP contribution is 2.40. The molecule has 4 atom stereocenters. The highest BCUT2D eigenvalue weighted by Gasteiger charge is 2.39. The number of aromatic nitrogens is 1. The maximum absolute atomic E-state index is 15.1. The van der Waals surface area contributed by atoms with E-state index in [1.54, 1.807) is 0 Å². The van der Waals surface area contributed by atoms with E-state index in [-0.39, 0.29) is 24.5 Å². The van der Waals surface area contributed by atoms with Gasteiger partial charge in [-0.15, -0.1) is 11.3 Å². The first kappa shape index (κ1) is 28.4. The Bertz CT molecular complexity index is 1240. The lowest BCUT2D eigenvalue weighted by atomic mass is 9.71. The molecule has 0 aliphatic heterocycles. The fourth-order valence-corrected chi connectivity index (χ4v) is 6.33. The molecule has 1 aromatic heterocycles. The number of esters is 1. The van der Waals surface area contributed by atoms with Gasteiger partial charge in [0.25, 0.3) is 0 Å². The van der Waals surface area contributed by atoms with Crippen LogP contribution >= 0.6 is 22.9 Å². The SMILES string of the molecule is CC(C)(C)OC(=O)CC1C(=O)C(CCc2nc(-c3ccccc3Cl)cs2)CC(F)CCC1c1ccccc1. The van der Waals surface area contributed by atoms with Gasteiger partial charge in [-0.25, -0.2) is 9.37 Å². The Labute approximate surface area is 233 Å². The fourth-order valence-electron chi connectivity index (χ4n) is 5.29. The van der Waals surface area contributed by atoms with Crippen LogP contribution in [0.15, 0.2) is 60.0 Å². The lowest BCUT2D eigenvalue weighted by molar-refractivity contribution is -0.158. The predicted molar refractivity (Wildman–Crippen MR) is 151 cm³/mol. The Morgan fingerprint density at radius 2 is 1.82 bits per heavy atom. The van der Waals surface area contributed by atoms with Gasteiger partial charge < -0.3 is 4.74 Å². The summed E-state index contributed by atoms with van der Waals surface area (Å²) in [7, 11) is 0. The van der Waals surface area contributed by atoms with E-state index >= 15 is 4.39 Å². The number of thiazole rings is 1. The van der Waals surface area contributed by atoms with Crippen molar-refractivity contribution in [2.45, 2.75) is 77.0 Å². The van der Waals surface area contributed by atoms with Gasteiger partial charge in [-0.05, 0) is 64.0 Å². The van der Waals surface area contributed by atoms with E-state index in [1.165, 1.54) is 11.3 Å². The molecule has 4 unspecified atom stereocenters. The molecule has 0 spiro atoms. The predicted octanol–water partition coefficient (Wildman–Crippen LogP) is 8.24. The minimum Gasteiger partial charge on any atom is -0.460 e. The second-order valence-electron chi connectivity index (χ2n) is 11.1. The molecule has 1 saturated carbocycles. The molecule has 0 amide bonds. The van der Waals surface area contributed by atoms with Crippen LogP contribution in [0.1, 0.15) is 69.4 Å². The second-order valence-corrected chi connectivity index (χ2v) is 12.4. The maximum atomic E-state index is 15.1. The first-order valence-electron chi connectivity index (χ1n) is 13.2. The molecule has 0 radical (unpaired) electrons. The number of rotatable bonds is 7. The molecule has 0 bridgehead atoms. The molecular weight excluding hydrogens is 521 g/mol. The molecule has 4 nitrogen and oxygen atoms in total. The number of carbonyl (C=O) groups excluding carboxylic acids is 2. The highest BCUT2D eigenvalue weighted by molar-refractivity contribution is 7.09. The van der Waals surface area contributed by atoms with Crippen LogP contribution in [0.25, 0.3) is 11.3 Å². The topological polar surface area (TPSA) is 56.3 Å². The summed E-state index contributed by atoms with van der Waals surface area (Å²) < 4.78 is 20.7. The number of ether oxygens (including phenoxy) is 1. The molecule has 1 aliphatic carbocycles. The Morgan fingerprint density at radius 3 is 2.53 bits per heavy atom.